The number of carbonyl (C=O) groups excluding carboxylic acids is 1. The molecule has 1 aliphatic rings. The number of piperidine rings is 1. The molecule has 1 fully saturated rings. The van der Waals surface area contributed by atoms with Crippen LogP contribution < -0.4 is 5.32 Å². The summed E-state index contributed by atoms with van der Waals surface area (Å²) in [7, 11) is 1.98. The average Bonchev–Trinajstić information content (AvgIpc) is 2.42. The fraction of sp³-hybridized carbons (Fsp3) is 0.562. The van der Waals surface area contributed by atoms with Crippen LogP contribution in [0.2, 0.25) is 0 Å². The molecule has 1 N–H and O–H groups in total. The van der Waals surface area contributed by atoms with E-state index >= 15 is 0 Å². The van der Waals surface area contributed by atoms with E-state index in [0.29, 0.717) is 12.3 Å². The Morgan fingerprint density at radius 3 is 2.95 bits per heavy atom. The van der Waals surface area contributed by atoms with Crippen LogP contribution in [0.1, 0.15) is 24.0 Å². The summed E-state index contributed by atoms with van der Waals surface area (Å²) in [5.41, 5.74) is 2.36. The van der Waals surface area contributed by atoms with Gasteiger partial charge in [0.1, 0.15) is 0 Å². The van der Waals surface area contributed by atoms with Gasteiger partial charge in [-0.2, -0.15) is 0 Å². The van der Waals surface area contributed by atoms with Crippen molar-refractivity contribution in [2.24, 2.45) is 5.92 Å². The molecule has 1 aromatic rings. The van der Waals surface area contributed by atoms with Crippen molar-refractivity contribution in [1.29, 1.82) is 0 Å². The molecule has 0 aliphatic carbocycles. The predicted molar refractivity (Wildman–Crippen MR) is 78.1 cm³/mol. The molecule has 0 aromatic heterocycles. The van der Waals surface area contributed by atoms with Gasteiger partial charge in [-0.1, -0.05) is 24.3 Å². The van der Waals surface area contributed by atoms with E-state index in [1.807, 2.05) is 24.1 Å². The second-order valence-electron chi connectivity index (χ2n) is 5.51. The zero-order valence-electron chi connectivity index (χ0n) is 12.0. The van der Waals surface area contributed by atoms with Crippen LogP contribution >= 0.6 is 0 Å². The highest BCUT2D eigenvalue weighted by atomic mass is 16.2. The highest BCUT2D eigenvalue weighted by Crippen LogP contribution is 2.17. The highest BCUT2D eigenvalue weighted by molar-refractivity contribution is 5.79. The summed E-state index contributed by atoms with van der Waals surface area (Å²) >= 11 is 0. The topological polar surface area (TPSA) is 32.3 Å². The van der Waals surface area contributed by atoms with Crippen LogP contribution in [0.25, 0.3) is 0 Å². The van der Waals surface area contributed by atoms with Crippen LogP contribution in [-0.2, 0) is 11.2 Å². The molecule has 1 amide bonds. The number of aryl methyl sites for hydroxylation is 1. The quantitative estimate of drug-likeness (QED) is 0.898. The number of carbonyl (C=O) groups is 1. The third-order valence-corrected chi connectivity index (χ3v) is 3.97. The van der Waals surface area contributed by atoms with Crippen LogP contribution in [0, 0.1) is 12.8 Å². The first-order valence-electron chi connectivity index (χ1n) is 7.17. The number of likely N-dealkylation sites (tertiary alicyclic amines) is 1. The third kappa shape index (κ3) is 3.80. The fourth-order valence-electron chi connectivity index (χ4n) is 2.83. The summed E-state index contributed by atoms with van der Waals surface area (Å²) in [6.07, 6.45) is 2.90. The lowest BCUT2D eigenvalue weighted by atomic mass is 9.97. The number of benzene rings is 1. The van der Waals surface area contributed by atoms with E-state index in [4.69, 9.17) is 0 Å². The molecule has 1 atom stereocenters. The van der Waals surface area contributed by atoms with Crippen molar-refractivity contribution in [3.63, 3.8) is 0 Å². The molecule has 1 aliphatic heterocycles. The first kappa shape index (κ1) is 14.1. The summed E-state index contributed by atoms with van der Waals surface area (Å²) < 4.78 is 0. The molecule has 2 rings (SSSR count). The van der Waals surface area contributed by atoms with Gasteiger partial charge in [0.25, 0.3) is 0 Å². The number of rotatable bonds is 4. The second kappa shape index (κ2) is 6.71. The minimum atomic E-state index is 0.273. The van der Waals surface area contributed by atoms with E-state index in [1.165, 1.54) is 12.0 Å². The van der Waals surface area contributed by atoms with Crippen molar-refractivity contribution in [3.05, 3.63) is 35.4 Å². The van der Waals surface area contributed by atoms with Gasteiger partial charge in [0.05, 0.1) is 6.42 Å². The summed E-state index contributed by atoms with van der Waals surface area (Å²) in [5, 5.41) is 3.22. The maximum atomic E-state index is 12.4. The molecule has 0 spiro atoms. The zero-order chi connectivity index (χ0) is 13.7. The fourth-order valence-corrected chi connectivity index (χ4v) is 2.83. The Bertz CT molecular complexity index is 429. The van der Waals surface area contributed by atoms with Crippen LogP contribution in [0.3, 0.4) is 0 Å². The summed E-state index contributed by atoms with van der Waals surface area (Å²) in [6.45, 7) is 4.91. The molecular weight excluding hydrogens is 236 g/mol. The third-order valence-electron chi connectivity index (χ3n) is 3.97. The van der Waals surface area contributed by atoms with E-state index in [1.54, 1.807) is 0 Å². The first-order chi connectivity index (χ1) is 9.20. The van der Waals surface area contributed by atoms with Gasteiger partial charge >= 0.3 is 0 Å². The summed E-state index contributed by atoms with van der Waals surface area (Å²) in [6, 6.07) is 8.16. The van der Waals surface area contributed by atoms with E-state index in [9.17, 15) is 4.79 Å². The summed E-state index contributed by atoms with van der Waals surface area (Å²) in [4.78, 5) is 14.4. The lowest BCUT2D eigenvalue weighted by Gasteiger charge is -2.33. The lowest BCUT2D eigenvalue weighted by molar-refractivity contribution is -0.132. The molecule has 0 unspecified atom stereocenters. The standard InChI is InChI=1S/C16H24N2O/c1-13-6-3-4-8-15(13)10-16(19)18-9-5-7-14(12-18)11-17-2/h3-4,6,8,14,17H,5,7,9-12H2,1-2H3/t14-/m0/s1. The largest absolute Gasteiger partial charge is 0.342 e. The monoisotopic (exact) mass is 260 g/mol. The van der Waals surface area contributed by atoms with Crippen molar-refractivity contribution in [1.82, 2.24) is 10.2 Å². The van der Waals surface area contributed by atoms with E-state index in [0.717, 1.165) is 31.6 Å². The molecule has 1 heterocycles. The van der Waals surface area contributed by atoms with Gasteiger partial charge in [-0.15, -0.1) is 0 Å². The molecule has 19 heavy (non-hydrogen) atoms. The van der Waals surface area contributed by atoms with Gasteiger partial charge in [-0.05, 0) is 50.4 Å². The van der Waals surface area contributed by atoms with Crippen LogP contribution in [0.15, 0.2) is 24.3 Å². The van der Waals surface area contributed by atoms with E-state index < -0.39 is 0 Å². The van der Waals surface area contributed by atoms with Crippen molar-refractivity contribution >= 4 is 5.91 Å². The van der Waals surface area contributed by atoms with Gasteiger partial charge in [0, 0.05) is 13.1 Å². The lowest BCUT2D eigenvalue weighted by Crippen LogP contribution is -2.43. The van der Waals surface area contributed by atoms with Gasteiger partial charge in [-0.3, -0.25) is 4.79 Å². The Labute approximate surface area is 116 Å². The van der Waals surface area contributed by atoms with Crippen LogP contribution in [-0.4, -0.2) is 37.5 Å². The molecular formula is C16H24N2O. The molecule has 0 saturated carbocycles. The smallest absolute Gasteiger partial charge is 0.227 e. The second-order valence-corrected chi connectivity index (χ2v) is 5.51. The Kier molecular flexibility index (Phi) is 4.97. The normalized spacial score (nSPS) is 19.5. The first-order valence-corrected chi connectivity index (χ1v) is 7.17. The van der Waals surface area contributed by atoms with Crippen molar-refractivity contribution in [3.8, 4) is 0 Å². The van der Waals surface area contributed by atoms with E-state index in [2.05, 4.69) is 24.4 Å². The minimum Gasteiger partial charge on any atom is -0.342 e. The van der Waals surface area contributed by atoms with Crippen LogP contribution in [0.5, 0.6) is 0 Å². The van der Waals surface area contributed by atoms with Gasteiger partial charge < -0.3 is 10.2 Å². The summed E-state index contributed by atoms with van der Waals surface area (Å²) in [5.74, 6) is 0.884. The number of nitrogens with zero attached hydrogens (tertiary/aromatic N) is 1. The number of amides is 1. The molecule has 3 nitrogen and oxygen atoms in total. The highest BCUT2D eigenvalue weighted by Gasteiger charge is 2.23. The minimum absolute atomic E-state index is 0.273. The number of nitrogens with one attached hydrogen (secondary N) is 1. The van der Waals surface area contributed by atoms with Crippen molar-refractivity contribution < 1.29 is 4.79 Å². The maximum absolute atomic E-state index is 12.4. The van der Waals surface area contributed by atoms with Gasteiger partial charge in [0.15, 0.2) is 0 Å². The molecule has 3 heteroatoms. The van der Waals surface area contributed by atoms with Crippen molar-refractivity contribution in [2.75, 3.05) is 26.7 Å². The Morgan fingerprint density at radius 2 is 2.21 bits per heavy atom. The maximum Gasteiger partial charge on any atom is 0.227 e. The molecule has 1 aromatic carbocycles. The molecule has 0 bridgehead atoms. The Hall–Kier alpha value is -1.35. The molecule has 1 saturated heterocycles. The Morgan fingerprint density at radius 1 is 1.42 bits per heavy atom. The average molecular weight is 260 g/mol. The van der Waals surface area contributed by atoms with Crippen LogP contribution in [0.4, 0.5) is 0 Å². The predicted octanol–water partition coefficient (Wildman–Crippen LogP) is 2.00. The Balaban J connectivity index is 1.94. The van der Waals surface area contributed by atoms with E-state index in [-0.39, 0.29) is 5.91 Å². The van der Waals surface area contributed by atoms with Crippen molar-refractivity contribution in [2.45, 2.75) is 26.2 Å². The zero-order valence-corrected chi connectivity index (χ0v) is 12.0. The number of hydrogen-bond donors (Lipinski definition) is 1. The number of hydrogen-bond acceptors (Lipinski definition) is 2. The molecule has 104 valence electrons. The van der Waals surface area contributed by atoms with Gasteiger partial charge in [0.2, 0.25) is 5.91 Å². The SMILES string of the molecule is CNC[C@@H]1CCCN(C(=O)Cc2ccccc2C)C1. The molecule has 0 radical (unpaired) electrons. The van der Waals surface area contributed by atoms with Gasteiger partial charge in [-0.25, -0.2) is 0 Å².